The van der Waals surface area contributed by atoms with Crippen LogP contribution in [0.15, 0.2) is 18.2 Å². The van der Waals surface area contributed by atoms with Crippen molar-refractivity contribution in [3.63, 3.8) is 0 Å². The summed E-state index contributed by atoms with van der Waals surface area (Å²) in [6.45, 7) is 0.563. The molecule has 5 heteroatoms. The Bertz CT molecular complexity index is 486. The lowest BCUT2D eigenvalue weighted by atomic mass is 9.67. The maximum atomic E-state index is 13.7. The van der Waals surface area contributed by atoms with E-state index in [0.29, 0.717) is 6.54 Å². The molecule has 0 aromatic heterocycles. The molecule has 1 aromatic rings. The zero-order chi connectivity index (χ0) is 14.0. The summed E-state index contributed by atoms with van der Waals surface area (Å²) < 4.78 is 26.9. The van der Waals surface area contributed by atoms with Gasteiger partial charge in [-0.2, -0.15) is 0 Å². The fourth-order valence-electron chi connectivity index (χ4n) is 2.62. The Morgan fingerprint density at radius 1 is 1.42 bits per heavy atom. The van der Waals surface area contributed by atoms with Gasteiger partial charge >= 0.3 is 0 Å². The fraction of sp³-hybridized carbons (Fsp3) is 0.500. The summed E-state index contributed by atoms with van der Waals surface area (Å²) in [5.74, 6) is -1.29. The summed E-state index contributed by atoms with van der Waals surface area (Å²) in [7, 11) is 3.28. The molecule has 0 radical (unpaired) electrons. The summed E-state index contributed by atoms with van der Waals surface area (Å²) in [6.07, 6.45) is 2.56. The Balaban J connectivity index is 2.25. The maximum Gasteiger partial charge on any atom is 0.234 e. The molecule has 1 saturated carbocycles. The molecule has 1 aliphatic rings. The van der Waals surface area contributed by atoms with E-state index in [2.05, 4.69) is 5.32 Å². The fourth-order valence-corrected chi connectivity index (χ4v) is 2.62. The molecule has 1 N–H and O–H groups in total. The number of amides is 1. The second-order valence-electron chi connectivity index (χ2n) is 5.12. The molecular formula is C14H18F2N2O. The van der Waals surface area contributed by atoms with E-state index in [-0.39, 0.29) is 11.6 Å². The van der Waals surface area contributed by atoms with Crippen LogP contribution >= 0.6 is 0 Å². The lowest BCUT2D eigenvalue weighted by Crippen LogP contribution is -2.51. The monoisotopic (exact) mass is 268 g/mol. The molecule has 104 valence electrons. The van der Waals surface area contributed by atoms with Gasteiger partial charge in [-0.1, -0.05) is 6.42 Å². The number of carbonyl (C=O) groups is 1. The zero-order valence-corrected chi connectivity index (χ0v) is 11.2. The Hall–Kier alpha value is -1.49. The first-order valence-corrected chi connectivity index (χ1v) is 6.38. The van der Waals surface area contributed by atoms with Gasteiger partial charge in [0, 0.05) is 19.7 Å². The summed E-state index contributed by atoms with van der Waals surface area (Å²) in [5.41, 5.74) is -0.477. The number of nitrogens with zero attached hydrogens (tertiary/aromatic N) is 1. The van der Waals surface area contributed by atoms with Crippen LogP contribution in [0.25, 0.3) is 0 Å². The highest BCUT2D eigenvalue weighted by Crippen LogP contribution is 2.42. The molecule has 0 unspecified atom stereocenters. The molecule has 1 aromatic carbocycles. The third kappa shape index (κ3) is 2.47. The van der Waals surface area contributed by atoms with Crippen molar-refractivity contribution in [2.75, 3.05) is 25.5 Å². The van der Waals surface area contributed by atoms with Crippen LogP contribution in [0, 0.1) is 17.0 Å². The average Bonchev–Trinajstić information content (AvgIpc) is 2.35. The SMILES string of the molecule is CNCC1(C(=O)N(C)c2cc(F)ccc2F)CCC1. The third-order valence-electron chi connectivity index (χ3n) is 3.85. The first kappa shape index (κ1) is 13.9. The van der Waals surface area contributed by atoms with Gasteiger partial charge < -0.3 is 10.2 Å². The lowest BCUT2D eigenvalue weighted by Gasteiger charge is -2.42. The van der Waals surface area contributed by atoms with Crippen molar-refractivity contribution in [1.29, 1.82) is 0 Å². The minimum Gasteiger partial charge on any atom is -0.319 e. The first-order chi connectivity index (χ1) is 9.00. The smallest absolute Gasteiger partial charge is 0.234 e. The molecule has 3 nitrogen and oxygen atoms in total. The molecule has 2 rings (SSSR count). The van der Waals surface area contributed by atoms with E-state index in [1.165, 1.54) is 11.9 Å². The van der Waals surface area contributed by atoms with Crippen molar-refractivity contribution in [2.45, 2.75) is 19.3 Å². The number of carbonyl (C=O) groups excluding carboxylic acids is 1. The highest BCUT2D eigenvalue weighted by molar-refractivity contribution is 5.98. The van der Waals surface area contributed by atoms with Gasteiger partial charge in [0.25, 0.3) is 0 Å². The third-order valence-corrected chi connectivity index (χ3v) is 3.85. The number of anilines is 1. The predicted octanol–water partition coefficient (Wildman–Crippen LogP) is 2.32. The van der Waals surface area contributed by atoms with Crippen molar-refractivity contribution < 1.29 is 13.6 Å². The second kappa shape index (κ2) is 5.25. The van der Waals surface area contributed by atoms with Crippen molar-refractivity contribution in [3.05, 3.63) is 29.8 Å². The highest BCUT2D eigenvalue weighted by Gasteiger charge is 2.45. The van der Waals surface area contributed by atoms with Crippen LogP contribution in [0.5, 0.6) is 0 Å². The van der Waals surface area contributed by atoms with Crippen molar-refractivity contribution >= 4 is 11.6 Å². The van der Waals surface area contributed by atoms with E-state index >= 15 is 0 Å². The van der Waals surface area contributed by atoms with E-state index in [4.69, 9.17) is 0 Å². The number of rotatable bonds is 4. The number of hydrogen-bond acceptors (Lipinski definition) is 2. The molecular weight excluding hydrogens is 250 g/mol. The number of nitrogens with one attached hydrogen (secondary N) is 1. The number of halogens is 2. The van der Waals surface area contributed by atoms with Gasteiger partial charge in [-0.3, -0.25) is 4.79 Å². The predicted molar refractivity (Wildman–Crippen MR) is 70.0 cm³/mol. The topological polar surface area (TPSA) is 32.3 Å². The molecule has 1 fully saturated rings. The largest absolute Gasteiger partial charge is 0.319 e. The van der Waals surface area contributed by atoms with Crippen LogP contribution in [-0.4, -0.2) is 26.5 Å². The van der Waals surface area contributed by atoms with Gasteiger partial charge in [-0.05, 0) is 32.0 Å². The molecule has 1 amide bonds. The van der Waals surface area contributed by atoms with Gasteiger partial charge in [-0.25, -0.2) is 8.78 Å². The van der Waals surface area contributed by atoms with Crippen LogP contribution in [0.1, 0.15) is 19.3 Å². The molecule has 19 heavy (non-hydrogen) atoms. The van der Waals surface area contributed by atoms with Crippen LogP contribution in [-0.2, 0) is 4.79 Å². The van der Waals surface area contributed by atoms with Gasteiger partial charge in [-0.15, -0.1) is 0 Å². The Kier molecular flexibility index (Phi) is 3.85. The minimum absolute atomic E-state index is 0.00706. The highest BCUT2D eigenvalue weighted by atomic mass is 19.1. The van der Waals surface area contributed by atoms with Crippen molar-refractivity contribution in [1.82, 2.24) is 5.32 Å². The van der Waals surface area contributed by atoms with Crippen molar-refractivity contribution in [2.24, 2.45) is 5.41 Å². The van der Waals surface area contributed by atoms with Gasteiger partial charge in [0.1, 0.15) is 11.6 Å². The molecule has 1 aliphatic carbocycles. The maximum absolute atomic E-state index is 13.7. The molecule has 0 aliphatic heterocycles. The molecule has 0 heterocycles. The minimum atomic E-state index is -0.587. The quantitative estimate of drug-likeness (QED) is 0.909. The Labute approximate surface area is 111 Å². The van der Waals surface area contributed by atoms with Gasteiger partial charge in [0.2, 0.25) is 5.91 Å². The van der Waals surface area contributed by atoms with Gasteiger partial charge in [0.15, 0.2) is 0 Å². The van der Waals surface area contributed by atoms with Crippen LogP contribution in [0.2, 0.25) is 0 Å². The van der Waals surface area contributed by atoms with E-state index in [9.17, 15) is 13.6 Å². The standard InChI is InChI=1S/C14H18F2N2O/c1-17-9-14(6-3-7-14)13(19)18(2)12-8-10(15)4-5-11(12)16/h4-5,8,17H,3,6-7,9H2,1-2H3. The van der Waals surface area contributed by atoms with E-state index < -0.39 is 17.0 Å². The molecule has 0 bridgehead atoms. The van der Waals surface area contributed by atoms with Crippen molar-refractivity contribution in [3.8, 4) is 0 Å². The normalized spacial score (nSPS) is 16.8. The summed E-state index contributed by atoms with van der Waals surface area (Å²) in [4.78, 5) is 13.7. The first-order valence-electron chi connectivity index (χ1n) is 6.38. The van der Waals surface area contributed by atoms with E-state index in [1.54, 1.807) is 7.05 Å². The Morgan fingerprint density at radius 3 is 2.63 bits per heavy atom. The van der Waals surface area contributed by atoms with Crippen LogP contribution in [0.4, 0.5) is 14.5 Å². The summed E-state index contributed by atoms with van der Waals surface area (Å²) in [5, 5.41) is 3.01. The lowest BCUT2D eigenvalue weighted by molar-refractivity contribution is -0.132. The summed E-state index contributed by atoms with van der Waals surface area (Å²) >= 11 is 0. The zero-order valence-electron chi connectivity index (χ0n) is 11.2. The average molecular weight is 268 g/mol. The van der Waals surface area contributed by atoms with Crippen LogP contribution in [0.3, 0.4) is 0 Å². The van der Waals surface area contributed by atoms with Crippen LogP contribution < -0.4 is 10.2 Å². The van der Waals surface area contributed by atoms with E-state index in [0.717, 1.165) is 37.5 Å². The van der Waals surface area contributed by atoms with E-state index in [1.807, 2.05) is 0 Å². The Morgan fingerprint density at radius 2 is 2.11 bits per heavy atom. The summed E-state index contributed by atoms with van der Waals surface area (Å²) in [6, 6.07) is 3.14. The molecule has 0 spiro atoms. The second-order valence-corrected chi connectivity index (χ2v) is 5.12. The molecule has 0 saturated heterocycles. The molecule has 0 atom stereocenters. The number of hydrogen-bond donors (Lipinski definition) is 1. The number of benzene rings is 1. The van der Waals surface area contributed by atoms with Gasteiger partial charge in [0.05, 0.1) is 11.1 Å².